The Morgan fingerprint density at radius 1 is 1.38 bits per heavy atom. The summed E-state index contributed by atoms with van der Waals surface area (Å²) in [6.45, 7) is -1.23. The van der Waals surface area contributed by atoms with Gasteiger partial charge in [0, 0.05) is 39.3 Å². The fourth-order valence-corrected chi connectivity index (χ4v) is 2.60. The molecule has 1 aromatic carbocycles. The van der Waals surface area contributed by atoms with Gasteiger partial charge in [0.05, 0.1) is 5.92 Å². The summed E-state index contributed by atoms with van der Waals surface area (Å²) in [7, 11) is 3.80. The van der Waals surface area contributed by atoms with Gasteiger partial charge < -0.3 is 15.1 Å². The first-order valence-corrected chi connectivity index (χ1v) is 7.54. The van der Waals surface area contributed by atoms with Crippen LogP contribution in [0.5, 0.6) is 0 Å². The average molecular weight is 343 g/mol. The van der Waals surface area contributed by atoms with Crippen LogP contribution in [0.4, 0.5) is 18.9 Å². The zero-order valence-electron chi connectivity index (χ0n) is 13.6. The van der Waals surface area contributed by atoms with Gasteiger partial charge in [-0.2, -0.15) is 13.2 Å². The van der Waals surface area contributed by atoms with Gasteiger partial charge in [-0.3, -0.25) is 9.59 Å². The topological polar surface area (TPSA) is 52.7 Å². The first-order chi connectivity index (χ1) is 11.2. The van der Waals surface area contributed by atoms with Crippen LogP contribution < -0.4 is 10.2 Å². The molecule has 1 aliphatic rings. The van der Waals surface area contributed by atoms with Crippen molar-refractivity contribution in [1.29, 1.82) is 0 Å². The Kier molecular flexibility index (Phi) is 5.36. The molecule has 5 nitrogen and oxygen atoms in total. The van der Waals surface area contributed by atoms with Gasteiger partial charge in [-0.05, 0) is 17.7 Å². The molecular weight excluding hydrogens is 323 g/mol. The molecule has 0 saturated carbocycles. The number of anilines is 1. The molecule has 2 rings (SSSR count). The second kappa shape index (κ2) is 7.11. The lowest BCUT2D eigenvalue weighted by molar-refractivity contribution is -0.157. The van der Waals surface area contributed by atoms with Gasteiger partial charge >= 0.3 is 6.18 Å². The Hall–Kier alpha value is -2.25. The number of benzene rings is 1. The summed E-state index contributed by atoms with van der Waals surface area (Å²) in [5.74, 6) is -1.78. The number of carbonyl (C=O) groups is 2. The number of alkyl halides is 3. The highest BCUT2D eigenvalue weighted by molar-refractivity contribution is 5.89. The molecule has 2 amide bonds. The second-order valence-corrected chi connectivity index (χ2v) is 6.07. The van der Waals surface area contributed by atoms with Crippen molar-refractivity contribution in [2.24, 2.45) is 5.92 Å². The van der Waals surface area contributed by atoms with Gasteiger partial charge in [-0.1, -0.05) is 12.1 Å². The number of nitrogens with zero attached hydrogens (tertiary/aromatic N) is 2. The SMILES string of the molecule is CN(C)c1cccc(CNC(=O)C2CC(=O)N(CC(F)(F)F)C2)c1. The highest BCUT2D eigenvalue weighted by Crippen LogP contribution is 2.24. The van der Waals surface area contributed by atoms with E-state index in [1.54, 1.807) is 0 Å². The maximum Gasteiger partial charge on any atom is 0.406 e. The summed E-state index contributed by atoms with van der Waals surface area (Å²) in [4.78, 5) is 26.3. The Labute approximate surface area is 138 Å². The highest BCUT2D eigenvalue weighted by atomic mass is 19.4. The molecule has 1 atom stereocenters. The number of halogens is 3. The lowest BCUT2D eigenvalue weighted by Crippen LogP contribution is -2.37. The van der Waals surface area contributed by atoms with Crippen molar-refractivity contribution in [2.75, 3.05) is 32.1 Å². The van der Waals surface area contributed by atoms with Crippen LogP contribution in [-0.2, 0) is 16.1 Å². The minimum atomic E-state index is -4.45. The molecule has 1 aliphatic heterocycles. The third kappa shape index (κ3) is 4.87. The van der Waals surface area contributed by atoms with Crippen LogP contribution in [-0.4, -0.2) is 50.1 Å². The van der Waals surface area contributed by atoms with Crippen molar-refractivity contribution in [3.63, 3.8) is 0 Å². The molecule has 8 heteroatoms. The van der Waals surface area contributed by atoms with Crippen molar-refractivity contribution in [1.82, 2.24) is 10.2 Å². The molecule has 1 N–H and O–H groups in total. The molecule has 0 radical (unpaired) electrons. The van der Waals surface area contributed by atoms with E-state index in [1.165, 1.54) is 0 Å². The lowest BCUT2D eigenvalue weighted by Gasteiger charge is -2.18. The number of carbonyl (C=O) groups excluding carboxylic acids is 2. The Morgan fingerprint density at radius 3 is 2.71 bits per heavy atom. The van der Waals surface area contributed by atoms with E-state index >= 15 is 0 Å². The Bertz CT molecular complexity index is 617. The molecular formula is C16H20F3N3O2. The maximum atomic E-state index is 12.4. The molecule has 0 aromatic heterocycles. The van der Waals surface area contributed by atoms with E-state index in [0.717, 1.165) is 11.3 Å². The third-order valence-corrected chi connectivity index (χ3v) is 3.85. The van der Waals surface area contributed by atoms with Crippen LogP contribution >= 0.6 is 0 Å². The van der Waals surface area contributed by atoms with Crippen molar-refractivity contribution < 1.29 is 22.8 Å². The number of amides is 2. The normalized spacial score (nSPS) is 18.0. The summed E-state index contributed by atoms with van der Waals surface area (Å²) < 4.78 is 37.1. The predicted octanol–water partition coefficient (Wildman–Crippen LogP) is 1.78. The van der Waals surface area contributed by atoms with Crippen molar-refractivity contribution in [3.05, 3.63) is 29.8 Å². The molecule has 1 heterocycles. The van der Waals surface area contributed by atoms with Crippen LogP contribution in [0.15, 0.2) is 24.3 Å². The maximum absolute atomic E-state index is 12.4. The molecule has 1 aromatic rings. The molecule has 24 heavy (non-hydrogen) atoms. The summed E-state index contributed by atoms with van der Waals surface area (Å²) in [5, 5.41) is 2.69. The standard InChI is InChI=1S/C16H20F3N3O2/c1-21(2)13-5-3-4-11(6-13)8-20-15(24)12-7-14(23)22(9-12)10-16(17,18)19/h3-6,12H,7-10H2,1-2H3,(H,20,24). The first kappa shape index (κ1) is 18.1. The van der Waals surface area contributed by atoms with Gasteiger partial charge in [0.25, 0.3) is 0 Å². The monoisotopic (exact) mass is 343 g/mol. The van der Waals surface area contributed by atoms with Gasteiger partial charge in [0.1, 0.15) is 6.54 Å². The second-order valence-electron chi connectivity index (χ2n) is 6.07. The highest BCUT2D eigenvalue weighted by Gasteiger charge is 2.40. The fourth-order valence-electron chi connectivity index (χ4n) is 2.60. The summed E-state index contributed by atoms with van der Waals surface area (Å²) in [5.41, 5.74) is 1.86. The van der Waals surface area contributed by atoms with Crippen molar-refractivity contribution in [3.8, 4) is 0 Å². The van der Waals surface area contributed by atoms with Crippen molar-refractivity contribution in [2.45, 2.75) is 19.1 Å². The van der Waals surface area contributed by atoms with E-state index in [4.69, 9.17) is 0 Å². The third-order valence-electron chi connectivity index (χ3n) is 3.85. The number of nitrogens with one attached hydrogen (secondary N) is 1. The lowest BCUT2D eigenvalue weighted by atomic mass is 10.1. The number of likely N-dealkylation sites (tertiary alicyclic amines) is 1. The predicted molar refractivity (Wildman–Crippen MR) is 83.4 cm³/mol. The smallest absolute Gasteiger partial charge is 0.378 e. The first-order valence-electron chi connectivity index (χ1n) is 7.54. The molecule has 132 valence electrons. The van der Waals surface area contributed by atoms with Gasteiger partial charge in [0.2, 0.25) is 11.8 Å². The number of hydrogen-bond donors (Lipinski definition) is 1. The molecule has 0 bridgehead atoms. The molecule has 1 unspecified atom stereocenters. The molecule has 1 fully saturated rings. The minimum absolute atomic E-state index is 0.181. The van der Waals surface area contributed by atoms with E-state index in [-0.39, 0.29) is 19.5 Å². The summed E-state index contributed by atoms with van der Waals surface area (Å²) >= 11 is 0. The van der Waals surface area contributed by atoms with Crippen LogP contribution in [0.2, 0.25) is 0 Å². The van der Waals surface area contributed by atoms with E-state index in [2.05, 4.69) is 5.32 Å². The van der Waals surface area contributed by atoms with E-state index in [1.807, 2.05) is 43.3 Å². The molecule has 0 spiro atoms. The quantitative estimate of drug-likeness (QED) is 0.887. The zero-order chi connectivity index (χ0) is 17.9. The molecule has 0 aliphatic carbocycles. The van der Waals surface area contributed by atoms with Crippen molar-refractivity contribution >= 4 is 17.5 Å². The number of hydrogen-bond acceptors (Lipinski definition) is 3. The summed E-state index contributed by atoms with van der Waals surface area (Å²) in [6, 6.07) is 7.55. The van der Waals surface area contributed by atoms with E-state index in [0.29, 0.717) is 4.90 Å². The van der Waals surface area contributed by atoms with E-state index < -0.39 is 30.5 Å². The van der Waals surface area contributed by atoms with Crippen LogP contribution in [0.3, 0.4) is 0 Å². The van der Waals surface area contributed by atoms with Crippen LogP contribution in [0.1, 0.15) is 12.0 Å². The van der Waals surface area contributed by atoms with Gasteiger partial charge in [-0.25, -0.2) is 0 Å². The van der Waals surface area contributed by atoms with Gasteiger partial charge in [0.15, 0.2) is 0 Å². The van der Waals surface area contributed by atoms with Crippen LogP contribution in [0.25, 0.3) is 0 Å². The summed E-state index contributed by atoms with van der Waals surface area (Å²) in [6.07, 6.45) is -4.63. The average Bonchev–Trinajstić information content (AvgIpc) is 2.84. The fraction of sp³-hybridized carbons (Fsp3) is 0.500. The Morgan fingerprint density at radius 2 is 2.08 bits per heavy atom. The minimum Gasteiger partial charge on any atom is -0.378 e. The van der Waals surface area contributed by atoms with Gasteiger partial charge in [-0.15, -0.1) is 0 Å². The molecule has 1 saturated heterocycles. The largest absolute Gasteiger partial charge is 0.406 e. The van der Waals surface area contributed by atoms with Crippen LogP contribution in [0, 0.1) is 5.92 Å². The Balaban J connectivity index is 1.89. The van der Waals surface area contributed by atoms with E-state index in [9.17, 15) is 22.8 Å². The zero-order valence-corrected chi connectivity index (χ0v) is 13.6. The number of rotatable bonds is 5.